The van der Waals surface area contributed by atoms with Crippen LogP contribution in [0, 0.1) is 0 Å². The molecule has 0 radical (unpaired) electrons. The van der Waals surface area contributed by atoms with Crippen LogP contribution in [0.2, 0.25) is 0 Å². The Morgan fingerprint density at radius 3 is 2.56 bits per heavy atom. The molecular formula is C18H20N2O5. The molecule has 1 heterocycles. The van der Waals surface area contributed by atoms with Gasteiger partial charge in [0.25, 0.3) is 5.91 Å². The molecule has 1 aromatic carbocycles. The number of carbonyl (C=O) groups is 2. The molecule has 7 heteroatoms. The van der Waals surface area contributed by atoms with Crippen LogP contribution < -0.4 is 10.1 Å². The number of benzene rings is 1. The fraction of sp³-hybridized carbons (Fsp3) is 0.278. The zero-order chi connectivity index (χ0) is 18.1. The van der Waals surface area contributed by atoms with Crippen LogP contribution in [-0.2, 0) is 20.9 Å². The first kappa shape index (κ1) is 18.4. The zero-order valence-corrected chi connectivity index (χ0v) is 13.8. The highest BCUT2D eigenvalue weighted by Gasteiger charge is 2.20. The summed E-state index contributed by atoms with van der Waals surface area (Å²) in [5.74, 6) is -0.962. The van der Waals surface area contributed by atoms with Crippen molar-refractivity contribution in [2.45, 2.75) is 25.7 Å². The van der Waals surface area contributed by atoms with Crippen LogP contribution in [0.25, 0.3) is 0 Å². The number of aromatic nitrogens is 1. The van der Waals surface area contributed by atoms with Gasteiger partial charge < -0.3 is 19.9 Å². The van der Waals surface area contributed by atoms with Gasteiger partial charge in [-0.25, -0.2) is 9.78 Å². The second kappa shape index (κ2) is 9.39. The number of amides is 1. The van der Waals surface area contributed by atoms with Gasteiger partial charge in [0.2, 0.25) is 5.88 Å². The van der Waals surface area contributed by atoms with E-state index in [0.717, 1.165) is 5.56 Å². The van der Waals surface area contributed by atoms with E-state index < -0.39 is 24.1 Å². The highest BCUT2D eigenvalue weighted by atomic mass is 16.5. The lowest BCUT2D eigenvalue weighted by molar-refractivity contribution is -0.154. The minimum absolute atomic E-state index is 0.0594. The fourth-order valence-electron chi connectivity index (χ4n) is 1.90. The van der Waals surface area contributed by atoms with E-state index in [1.165, 1.54) is 0 Å². The zero-order valence-electron chi connectivity index (χ0n) is 13.8. The lowest BCUT2D eigenvalue weighted by atomic mass is 10.2. The number of hydrogen-bond donors (Lipinski definition) is 2. The van der Waals surface area contributed by atoms with Gasteiger partial charge in [0, 0.05) is 12.3 Å². The molecule has 7 nitrogen and oxygen atoms in total. The molecule has 2 atom stereocenters. The highest BCUT2D eigenvalue weighted by molar-refractivity contribution is 5.82. The Morgan fingerprint density at radius 1 is 1.16 bits per heavy atom. The summed E-state index contributed by atoms with van der Waals surface area (Å²) >= 11 is 0. The van der Waals surface area contributed by atoms with Crippen molar-refractivity contribution in [3.63, 3.8) is 0 Å². The molecule has 2 rings (SSSR count). The van der Waals surface area contributed by atoms with Gasteiger partial charge in [-0.2, -0.15) is 0 Å². The van der Waals surface area contributed by atoms with Crippen molar-refractivity contribution in [2.24, 2.45) is 0 Å². The molecule has 1 aromatic heterocycles. The molecular weight excluding hydrogens is 324 g/mol. The monoisotopic (exact) mass is 344 g/mol. The summed E-state index contributed by atoms with van der Waals surface area (Å²) in [5.41, 5.74) is 0.810. The van der Waals surface area contributed by atoms with Gasteiger partial charge in [-0.05, 0) is 18.6 Å². The van der Waals surface area contributed by atoms with Gasteiger partial charge in [-0.3, -0.25) is 4.79 Å². The van der Waals surface area contributed by atoms with E-state index in [0.29, 0.717) is 5.88 Å². The molecule has 0 aliphatic carbocycles. The number of rotatable bonds is 8. The minimum atomic E-state index is -1.45. The Kier molecular flexibility index (Phi) is 6.91. The normalized spacial score (nSPS) is 12.7. The quantitative estimate of drug-likeness (QED) is 0.695. The van der Waals surface area contributed by atoms with Gasteiger partial charge in [-0.15, -0.1) is 0 Å². The number of esters is 1. The number of nitrogens with zero attached hydrogens (tertiary/aromatic N) is 1. The van der Waals surface area contributed by atoms with Gasteiger partial charge >= 0.3 is 5.97 Å². The van der Waals surface area contributed by atoms with E-state index in [1.54, 1.807) is 43.5 Å². The Bertz CT molecular complexity index is 678. The van der Waals surface area contributed by atoms with Gasteiger partial charge in [0.15, 0.2) is 12.2 Å². The third kappa shape index (κ3) is 6.23. The summed E-state index contributed by atoms with van der Waals surface area (Å²) in [7, 11) is 0. The van der Waals surface area contributed by atoms with Crippen molar-refractivity contribution in [1.29, 1.82) is 0 Å². The van der Waals surface area contributed by atoms with Crippen LogP contribution in [0.5, 0.6) is 5.88 Å². The maximum absolute atomic E-state index is 11.9. The number of ether oxygens (including phenoxy) is 2. The summed E-state index contributed by atoms with van der Waals surface area (Å²) in [6.45, 7) is 1.34. The molecule has 1 amide bonds. The molecule has 25 heavy (non-hydrogen) atoms. The molecule has 0 aliphatic heterocycles. The molecule has 0 spiro atoms. The molecule has 132 valence electrons. The predicted octanol–water partition coefficient (Wildman–Crippen LogP) is 1.07. The molecule has 2 N–H and O–H groups in total. The van der Waals surface area contributed by atoms with Crippen LogP contribution in [0.4, 0.5) is 0 Å². The minimum Gasteiger partial charge on any atom is -0.465 e. The van der Waals surface area contributed by atoms with Gasteiger partial charge in [-0.1, -0.05) is 36.4 Å². The van der Waals surface area contributed by atoms with Crippen molar-refractivity contribution < 1.29 is 24.2 Å². The van der Waals surface area contributed by atoms with E-state index >= 15 is 0 Å². The maximum atomic E-state index is 11.9. The topological polar surface area (TPSA) is 97.8 Å². The maximum Gasteiger partial charge on any atom is 0.337 e. The first-order valence-corrected chi connectivity index (χ1v) is 7.80. The molecule has 0 aliphatic rings. The largest absolute Gasteiger partial charge is 0.465 e. The van der Waals surface area contributed by atoms with Crippen LogP contribution in [0.3, 0.4) is 0 Å². The Labute approximate surface area is 145 Å². The number of nitrogens with one attached hydrogen (secondary N) is 1. The SMILES string of the molecule is C[C@@H](Oc1ccccn1)C(=O)NC[C@@H](O)C(=O)OCc1ccccc1. The lowest BCUT2D eigenvalue weighted by Crippen LogP contribution is -2.42. The van der Waals surface area contributed by atoms with E-state index in [1.807, 2.05) is 18.2 Å². The Hall–Kier alpha value is -2.93. The first-order chi connectivity index (χ1) is 12.1. The van der Waals surface area contributed by atoms with Crippen LogP contribution in [0.15, 0.2) is 54.7 Å². The lowest BCUT2D eigenvalue weighted by Gasteiger charge is -2.15. The van der Waals surface area contributed by atoms with E-state index in [9.17, 15) is 14.7 Å². The summed E-state index contributed by atoms with van der Waals surface area (Å²) in [6, 6.07) is 14.2. The number of carbonyl (C=O) groups excluding carboxylic acids is 2. The molecule has 2 aromatic rings. The Balaban J connectivity index is 1.71. The second-order valence-corrected chi connectivity index (χ2v) is 5.28. The van der Waals surface area contributed by atoms with Gasteiger partial charge in [0.05, 0.1) is 6.54 Å². The number of aliphatic hydroxyl groups excluding tert-OH is 1. The number of hydrogen-bond acceptors (Lipinski definition) is 6. The van der Waals surface area contributed by atoms with E-state index in [-0.39, 0.29) is 13.2 Å². The summed E-state index contributed by atoms with van der Waals surface area (Å²) in [4.78, 5) is 27.6. The molecule has 0 saturated carbocycles. The van der Waals surface area contributed by atoms with Crippen molar-refractivity contribution in [1.82, 2.24) is 10.3 Å². The smallest absolute Gasteiger partial charge is 0.337 e. The summed E-state index contributed by atoms with van der Waals surface area (Å²) in [5, 5.41) is 12.2. The summed E-state index contributed by atoms with van der Waals surface area (Å²) in [6.07, 6.45) is -0.718. The fourth-order valence-corrected chi connectivity index (χ4v) is 1.90. The van der Waals surface area contributed by atoms with Gasteiger partial charge in [0.1, 0.15) is 6.61 Å². The van der Waals surface area contributed by atoms with Crippen LogP contribution >= 0.6 is 0 Å². The van der Waals surface area contributed by atoms with Crippen molar-refractivity contribution in [2.75, 3.05) is 6.54 Å². The molecule has 0 saturated heterocycles. The third-order valence-corrected chi connectivity index (χ3v) is 3.27. The molecule has 0 unspecified atom stereocenters. The average molecular weight is 344 g/mol. The second-order valence-electron chi connectivity index (χ2n) is 5.28. The van der Waals surface area contributed by atoms with E-state index in [4.69, 9.17) is 9.47 Å². The van der Waals surface area contributed by atoms with Crippen LogP contribution in [0.1, 0.15) is 12.5 Å². The molecule has 0 bridgehead atoms. The summed E-state index contributed by atoms with van der Waals surface area (Å²) < 4.78 is 10.4. The average Bonchev–Trinajstić information content (AvgIpc) is 2.65. The third-order valence-electron chi connectivity index (χ3n) is 3.27. The first-order valence-electron chi connectivity index (χ1n) is 7.80. The van der Waals surface area contributed by atoms with Crippen molar-refractivity contribution >= 4 is 11.9 Å². The highest BCUT2D eigenvalue weighted by Crippen LogP contribution is 2.06. The van der Waals surface area contributed by atoms with Crippen molar-refractivity contribution in [3.05, 3.63) is 60.3 Å². The van der Waals surface area contributed by atoms with Crippen LogP contribution in [-0.4, -0.2) is 40.7 Å². The van der Waals surface area contributed by atoms with Crippen molar-refractivity contribution in [3.8, 4) is 5.88 Å². The van der Waals surface area contributed by atoms with E-state index in [2.05, 4.69) is 10.3 Å². The standard InChI is InChI=1S/C18H20N2O5/c1-13(25-16-9-5-6-10-19-16)17(22)20-11-15(21)18(23)24-12-14-7-3-2-4-8-14/h2-10,13,15,21H,11-12H2,1H3,(H,20,22)/t13-,15-/m1/s1. The number of aliphatic hydroxyl groups is 1. The Morgan fingerprint density at radius 2 is 1.88 bits per heavy atom. The molecule has 0 fully saturated rings. The number of pyridine rings is 1. The predicted molar refractivity (Wildman–Crippen MR) is 89.6 cm³/mol.